The molecule has 3 amide bonds. The Morgan fingerprint density at radius 2 is 2.05 bits per heavy atom. The van der Waals surface area contributed by atoms with Crippen molar-refractivity contribution in [2.75, 3.05) is 17.2 Å². The van der Waals surface area contributed by atoms with E-state index in [4.69, 9.17) is 5.73 Å². The maximum Gasteiger partial charge on any atom is 0.329 e. The van der Waals surface area contributed by atoms with Crippen LogP contribution < -0.4 is 16.0 Å². The lowest BCUT2D eigenvalue weighted by Crippen LogP contribution is -2.49. The number of rotatable bonds is 1. The minimum absolute atomic E-state index is 0.264. The van der Waals surface area contributed by atoms with E-state index in [-0.39, 0.29) is 12.3 Å². The summed E-state index contributed by atoms with van der Waals surface area (Å²) in [6.45, 7) is 0.315. The van der Waals surface area contributed by atoms with E-state index in [0.717, 1.165) is 10.8 Å². The van der Waals surface area contributed by atoms with Gasteiger partial charge >= 0.3 is 6.03 Å². The molecule has 1 aromatic carbocycles. The minimum Gasteiger partial charge on any atom is -0.383 e. The van der Waals surface area contributed by atoms with Crippen molar-refractivity contribution in [3.63, 3.8) is 0 Å². The van der Waals surface area contributed by atoms with E-state index in [9.17, 15) is 9.59 Å². The first kappa shape index (κ1) is 11.5. The molecule has 0 atom stereocenters. The summed E-state index contributed by atoms with van der Waals surface area (Å²) in [5, 5.41) is 4.02. The molecule has 0 unspecified atom stereocenters. The van der Waals surface area contributed by atoms with Crippen LogP contribution in [0.25, 0.3) is 10.8 Å². The Morgan fingerprint density at radius 1 is 1.26 bits per heavy atom. The zero-order chi connectivity index (χ0) is 13.4. The molecule has 0 aliphatic carbocycles. The van der Waals surface area contributed by atoms with E-state index in [1.807, 2.05) is 24.3 Å². The lowest BCUT2D eigenvalue weighted by molar-refractivity contribution is -0.120. The van der Waals surface area contributed by atoms with Gasteiger partial charge in [-0.3, -0.25) is 15.0 Å². The van der Waals surface area contributed by atoms with Crippen LogP contribution in [0.15, 0.2) is 30.3 Å². The number of carbonyl (C=O) groups excluding carboxylic acids is 2. The summed E-state index contributed by atoms with van der Waals surface area (Å²) in [5.74, 6) is 0.564. The lowest BCUT2D eigenvalue weighted by Gasteiger charge is -2.26. The maximum atomic E-state index is 11.8. The Bertz CT molecular complexity index is 683. The van der Waals surface area contributed by atoms with Crippen LogP contribution in [0.3, 0.4) is 0 Å². The van der Waals surface area contributed by atoms with Gasteiger partial charge in [0, 0.05) is 18.4 Å². The molecule has 2 aromatic rings. The van der Waals surface area contributed by atoms with Gasteiger partial charge in [-0.15, -0.1) is 0 Å². The summed E-state index contributed by atoms with van der Waals surface area (Å²) >= 11 is 0. The second-order valence-corrected chi connectivity index (χ2v) is 4.34. The molecule has 1 aromatic heterocycles. The fraction of sp³-hybridized carbons (Fsp3) is 0.154. The van der Waals surface area contributed by atoms with Gasteiger partial charge in [0.15, 0.2) is 0 Å². The summed E-state index contributed by atoms with van der Waals surface area (Å²) in [6, 6.07) is 8.89. The van der Waals surface area contributed by atoms with Gasteiger partial charge in [-0.2, -0.15) is 0 Å². The molecule has 0 spiro atoms. The van der Waals surface area contributed by atoms with Gasteiger partial charge in [0.25, 0.3) is 0 Å². The Labute approximate surface area is 109 Å². The first-order chi connectivity index (χ1) is 9.15. The molecule has 6 heteroatoms. The number of anilines is 2. The molecule has 96 valence electrons. The van der Waals surface area contributed by atoms with Crippen LogP contribution in [-0.2, 0) is 4.79 Å². The number of pyridine rings is 1. The molecule has 3 N–H and O–H groups in total. The molecule has 6 nitrogen and oxygen atoms in total. The molecule has 1 saturated heterocycles. The van der Waals surface area contributed by atoms with Gasteiger partial charge in [0.2, 0.25) is 5.91 Å². The molecule has 0 saturated carbocycles. The van der Waals surface area contributed by atoms with Crippen LogP contribution in [0.4, 0.5) is 16.4 Å². The van der Waals surface area contributed by atoms with Crippen LogP contribution in [0.5, 0.6) is 0 Å². The molecular formula is C13H12N4O2. The summed E-state index contributed by atoms with van der Waals surface area (Å²) in [4.78, 5) is 28.5. The first-order valence-electron chi connectivity index (χ1n) is 5.92. The third-order valence-electron chi connectivity index (χ3n) is 3.09. The van der Waals surface area contributed by atoms with Crippen LogP contribution in [0, 0.1) is 0 Å². The van der Waals surface area contributed by atoms with Crippen LogP contribution in [-0.4, -0.2) is 23.5 Å². The molecule has 2 heterocycles. The van der Waals surface area contributed by atoms with Gasteiger partial charge < -0.3 is 5.73 Å². The average molecular weight is 256 g/mol. The zero-order valence-electron chi connectivity index (χ0n) is 10.1. The van der Waals surface area contributed by atoms with Gasteiger partial charge in [-0.1, -0.05) is 24.3 Å². The van der Waals surface area contributed by atoms with E-state index >= 15 is 0 Å². The lowest BCUT2D eigenvalue weighted by atomic mass is 10.1. The zero-order valence-corrected chi connectivity index (χ0v) is 10.1. The van der Waals surface area contributed by atoms with Crippen LogP contribution in [0.1, 0.15) is 6.42 Å². The summed E-state index contributed by atoms with van der Waals surface area (Å²) in [5.41, 5.74) is 5.90. The number of benzene rings is 1. The number of nitrogens with zero attached hydrogens (tertiary/aromatic N) is 2. The first-order valence-corrected chi connectivity index (χ1v) is 5.92. The third-order valence-corrected chi connectivity index (χ3v) is 3.09. The predicted molar refractivity (Wildman–Crippen MR) is 71.7 cm³/mol. The fourth-order valence-corrected chi connectivity index (χ4v) is 2.13. The topological polar surface area (TPSA) is 88.3 Å². The molecule has 0 radical (unpaired) electrons. The number of imide groups is 1. The Balaban J connectivity index is 2.06. The largest absolute Gasteiger partial charge is 0.383 e. The van der Waals surface area contributed by atoms with Gasteiger partial charge in [0.05, 0.1) is 0 Å². The predicted octanol–water partition coefficient (Wildman–Crippen LogP) is 1.26. The molecule has 1 aliphatic rings. The highest BCUT2D eigenvalue weighted by Gasteiger charge is 2.25. The minimum atomic E-state index is -0.460. The highest BCUT2D eigenvalue weighted by Crippen LogP contribution is 2.25. The standard InChI is InChI=1S/C13H12N4O2/c14-12-9-4-2-1-3-8(9)7-10(15-12)17-6-5-11(18)16-13(17)19/h1-4,7H,5-6H2,(H2,14,15)(H,16,18,19). The monoisotopic (exact) mass is 256 g/mol. The number of nitrogens with two attached hydrogens (primary N) is 1. The van der Waals surface area contributed by atoms with Crippen molar-refractivity contribution in [3.8, 4) is 0 Å². The van der Waals surface area contributed by atoms with E-state index in [1.165, 1.54) is 4.90 Å². The number of fused-ring (bicyclic) bond motifs is 1. The number of hydrogen-bond donors (Lipinski definition) is 2. The quantitative estimate of drug-likeness (QED) is 0.804. The van der Waals surface area contributed by atoms with Crippen LogP contribution >= 0.6 is 0 Å². The second-order valence-electron chi connectivity index (χ2n) is 4.34. The Hall–Kier alpha value is -2.63. The highest BCUT2D eigenvalue weighted by molar-refractivity contribution is 6.06. The SMILES string of the molecule is Nc1nc(N2CCC(=O)NC2=O)cc2ccccc12. The van der Waals surface area contributed by atoms with Gasteiger partial charge in [-0.25, -0.2) is 9.78 Å². The van der Waals surface area contributed by atoms with Gasteiger partial charge in [-0.05, 0) is 11.5 Å². The second kappa shape index (κ2) is 4.24. The highest BCUT2D eigenvalue weighted by atomic mass is 16.2. The maximum absolute atomic E-state index is 11.8. The number of nitrogens with one attached hydrogen (secondary N) is 1. The Kier molecular flexibility index (Phi) is 2.56. The van der Waals surface area contributed by atoms with Crippen molar-refractivity contribution in [1.82, 2.24) is 10.3 Å². The normalized spacial score (nSPS) is 15.7. The van der Waals surface area contributed by atoms with Crippen molar-refractivity contribution >= 4 is 34.3 Å². The van der Waals surface area contributed by atoms with Crippen molar-refractivity contribution in [2.24, 2.45) is 0 Å². The molecule has 0 bridgehead atoms. The van der Waals surface area contributed by atoms with E-state index in [2.05, 4.69) is 10.3 Å². The summed E-state index contributed by atoms with van der Waals surface area (Å²) < 4.78 is 0. The molecule has 3 rings (SSSR count). The third kappa shape index (κ3) is 1.97. The van der Waals surface area contributed by atoms with Crippen molar-refractivity contribution < 1.29 is 9.59 Å². The molecular weight excluding hydrogens is 244 g/mol. The smallest absolute Gasteiger partial charge is 0.329 e. The Morgan fingerprint density at radius 3 is 2.84 bits per heavy atom. The van der Waals surface area contributed by atoms with E-state index < -0.39 is 6.03 Å². The number of nitrogen functional groups attached to an aromatic ring is 1. The van der Waals surface area contributed by atoms with E-state index in [1.54, 1.807) is 6.07 Å². The van der Waals surface area contributed by atoms with Gasteiger partial charge in [0.1, 0.15) is 11.6 Å². The van der Waals surface area contributed by atoms with E-state index in [0.29, 0.717) is 18.2 Å². The number of carbonyl (C=O) groups is 2. The molecule has 1 fully saturated rings. The molecule has 19 heavy (non-hydrogen) atoms. The van der Waals surface area contributed by atoms with Crippen molar-refractivity contribution in [1.29, 1.82) is 0 Å². The van der Waals surface area contributed by atoms with Crippen LogP contribution in [0.2, 0.25) is 0 Å². The molecule has 1 aliphatic heterocycles. The summed E-state index contributed by atoms with van der Waals surface area (Å²) in [7, 11) is 0. The number of aromatic nitrogens is 1. The average Bonchev–Trinajstić information content (AvgIpc) is 2.38. The van der Waals surface area contributed by atoms with Crippen molar-refractivity contribution in [3.05, 3.63) is 30.3 Å². The number of urea groups is 1. The fourth-order valence-electron chi connectivity index (χ4n) is 2.13. The summed E-state index contributed by atoms with van der Waals surface area (Å²) in [6.07, 6.45) is 0.264. The number of hydrogen-bond acceptors (Lipinski definition) is 4. The number of amides is 3. The van der Waals surface area contributed by atoms with Crippen molar-refractivity contribution in [2.45, 2.75) is 6.42 Å².